The SMILES string of the molecule is COc1cc([C@@H](C(=O)O)[C@H]2C=CCCC2)cc(OC)c1OC. The molecule has 2 rings (SSSR count). The molecule has 0 bridgehead atoms. The predicted octanol–water partition coefficient (Wildman–Crippen LogP) is 3.24. The van der Waals surface area contributed by atoms with E-state index in [1.54, 1.807) is 12.1 Å². The molecule has 1 N–H and O–H groups in total. The van der Waals surface area contributed by atoms with Gasteiger partial charge in [-0.25, -0.2) is 0 Å². The summed E-state index contributed by atoms with van der Waals surface area (Å²) in [6.45, 7) is 0. The summed E-state index contributed by atoms with van der Waals surface area (Å²) in [7, 11) is 4.58. The quantitative estimate of drug-likeness (QED) is 0.817. The highest BCUT2D eigenvalue weighted by Crippen LogP contribution is 2.42. The van der Waals surface area contributed by atoms with Gasteiger partial charge in [-0.3, -0.25) is 4.79 Å². The van der Waals surface area contributed by atoms with Crippen LogP contribution in [0.25, 0.3) is 0 Å². The van der Waals surface area contributed by atoms with E-state index in [4.69, 9.17) is 14.2 Å². The topological polar surface area (TPSA) is 65.0 Å². The van der Waals surface area contributed by atoms with E-state index in [-0.39, 0.29) is 5.92 Å². The highest BCUT2D eigenvalue weighted by molar-refractivity contribution is 5.78. The molecule has 1 aliphatic rings. The number of rotatable bonds is 6. The molecule has 0 saturated heterocycles. The molecule has 0 amide bonds. The van der Waals surface area contributed by atoms with Gasteiger partial charge in [-0.15, -0.1) is 0 Å². The predicted molar refractivity (Wildman–Crippen MR) is 83.0 cm³/mol. The lowest BCUT2D eigenvalue weighted by atomic mass is 9.80. The van der Waals surface area contributed by atoms with Crippen molar-refractivity contribution in [2.24, 2.45) is 5.92 Å². The summed E-state index contributed by atoms with van der Waals surface area (Å²) < 4.78 is 15.9. The van der Waals surface area contributed by atoms with Crippen molar-refractivity contribution in [3.05, 3.63) is 29.8 Å². The van der Waals surface area contributed by atoms with E-state index in [1.165, 1.54) is 21.3 Å². The standard InChI is InChI=1S/C17H22O5/c1-20-13-9-12(10-14(21-2)16(13)22-3)15(17(18)19)11-7-5-4-6-8-11/h5,7,9-11,15H,4,6,8H2,1-3H3,(H,18,19)/t11-,15-/m0/s1. The van der Waals surface area contributed by atoms with Crippen molar-refractivity contribution in [3.8, 4) is 17.2 Å². The van der Waals surface area contributed by atoms with Gasteiger partial charge in [0.25, 0.3) is 0 Å². The molecule has 0 heterocycles. The average molecular weight is 306 g/mol. The Balaban J connectivity index is 2.49. The van der Waals surface area contributed by atoms with E-state index in [0.29, 0.717) is 22.8 Å². The Morgan fingerprint density at radius 2 is 1.82 bits per heavy atom. The van der Waals surface area contributed by atoms with E-state index in [2.05, 4.69) is 6.08 Å². The fraction of sp³-hybridized carbons (Fsp3) is 0.471. The Labute approximate surface area is 130 Å². The van der Waals surface area contributed by atoms with Crippen molar-refractivity contribution < 1.29 is 24.1 Å². The number of hydrogen-bond donors (Lipinski definition) is 1. The van der Waals surface area contributed by atoms with Gasteiger partial charge in [0.2, 0.25) is 5.75 Å². The number of allylic oxidation sites excluding steroid dienone is 2. The molecule has 1 aliphatic carbocycles. The molecule has 0 radical (unpaired) electrons. The summed E-state index contributed by atoms with van der Waals surface area (Å²) in [4.78, 5) is 11.8. The Kier molecular flexibility index (Phi) is 5.31. The second-order valence-corrected chi connectivity index (χ2v) is 5.30. The van der Waals surface area contributed by atoms with Crippen LogP contribution >= 0.6 is 0 Å². The van der Waals surface area contributed by atoms with Crippen LogP contribution in [0.3, 0.4) is 0 Å². The number of hydrogen-bond acceptors (Lipinski definition) is 4. The maximum absolute atomic E-state index is 11.8. The fourth-order valence-corrected chi connectivity index (χ4v) is 2.97. The number of carboxylic acids is 1. The largest absolute Gasteiger partial charge is 0.493 e. The lowest BCUT2D eigenvalue weighted by Crippen LogP contribution is -2.21. The zero-order valence-electron chi connectivity index (χ0n) is 13.2. The van der Waals surface area contributed by atoms with Crippen LogP contribution < -0.4 is 14.2 Å². The lowest BCUT2D eigenvalue weighted by molar-refractivity contribution is -0.139. The third-order valence-corrected chi connectivity index (χ3v) is 4.03. The molecule has 1 aromatic rings. The third kappa shape index (κ3) is 3.18. The molecule has 0 saturated carbocycles. The molecule has 5 nitrogen and oxygen atoms in total. The molecule has 0 aliphatic heterocycles. The Morgan fingerprint density at radius 1 is 1.18 bits per heavy atom. The minimum Gasteiger partial charge on any atom is -0.493 e. The van der Waals surface area contributed by atoms with Crippen molar-refractivity contribution in [2.45, 2.75) is 25.2 Å². The number of ether oxygens (including phenoxy) is 3. The first-order chi connectivity index (χ1) is 10.6. The Bertz CT molecular complexity index is 539. The van der Waals surface area contributed by atoms with Gasteiger partial charge < -0.3 is 19.3 Å². The summed E-state index contributed by atoms with van der Waals surface area (Å²) in [5, 5.41) is 9.69. The molecule has 5 heteroatoms. The van der Waals surface area contributed by atoms with Crippen LogP contribution in [-0.4, -0.2) is 32.4 Å². The number of methoxy groups -OCH3 is 3. The molecule has 0 spiro atoms. The second-order valence-electron chi connectivity index (χ2n) is 5.30. The van der Waals surface area contributed by atoms with Gasteiger partial charge in [-0.1, -0.05) is 12.2 Å². The lowest BCUT2D eigenvalue weighted by Gasteiger charge is -2.25. The normalized spacial score (nSPS) is 18.6. The molecule has 120 valence electrons. The van der Waals surface area contributed by atoms with Gasteiger partial charge >= 0.3 is 5.97 Å². The average Bonchev–Trinajstić information content (AvgIpc) is 2.54. The summed E-state index contributed by atoms with van der Waals surface area (Å²) >= 11 is 0. The van der Waals surface area contributed by atoms with Gasteiger partial charge in [0, 0.05) is 0 Å². The molecule has 0 aromatic heterocycles. The van der Waals surface area contributed by atoms with E-state index < -0.39 is 11.9 Å². The van der Waals surface area contributed by atoms with Gasteiger partial charge in [-0.2, -0.15) is 0 Å². The first-order valence-corrected chi connectivity index (χ1v) is 7.31. The summed E-state index contributed by atoms with van der Waals surface area (Å²) in [5.41, 5.74) is 0.665. The van der Waals surface area contributed by atoms with Crippen LogP contribution in [0, 0.1) is 5.92 Å². The van der Waals surface area contributed by atoms with Gasteiger partial charge in [-0.05, 0) is 42.9 Å². The van der Waals surface area contributed by atoms with E-state index in [1.807, 2.05) is 6.08 Å². The minimum absolute atomic E-state index is 0.0194. The molecule has 2 atom stereocenters. The van der Waals surface area contributed by atoms with Crippen LogP contribution in [0.1, 0.15) is 30.7 Å². The van der Waals surface area contributed by atoms with Crippen LogP contribution in [0.5, 0.6) is 17.2 Å². The summed E-state index contributed by atoms with van der Waals surface area (Å²) in [6, 6.07) is 3.45. The van der Waals surface area contributed by atoms with Crippen LogP contribution in [0.4, 0.5) is 0 Å². The first-order valence-electron chi connectivity index (χ1n) is 7.31. The van der Waals surface area contributed by atoms with Crippen molar-refractivity contribution >= 4 is 5.97 Å². The molecule has 0 fully saturated rings. The van der Waals surface area contributed by atoms with Crippen LogP contribution in [0.2, 0.25) is 0 Å². The minimum atomic E-state index is -0.842. The maximum Gasteiger partial charge on any atom is 0.311 e. The van der Waals surface area contributed by atoms with E-state index in [0.717, 1.165) is 19.3 Å². The van der Waals surface area contributed by atoms with Crippen molar-refractivity contribution in [1.82, 2.24) is 0 Å². The van der Waals surface area contributed by atoms with Crippen molar-refractivity contribution in [3.63, 3.8) is 0 Å². The third-order valence-electron chi connectivity index (χ3n) is 4.03. The maximum atomic E-state index is 11.8. The Morgan fingerprint density at radius 3 is 2.23 bits per heavy atom. The zero-order valence-corrected chi connectivity index (χ0v) is 13.2. The number of carboxylic acid groups (broad SMARTS) is 1. The second kappa shape index (κ2) is 7.20. The van der Waals surface area contributed by atoms with Crippen LogP contribution in [-0.2, 0) is 4.79 Å². The molecule has 22 heavy (non-hydrogen) atoms. The first kappa shape index (κ1) is 16.2. The Hall–Kier alpha value is -2.17. The van der Waals surface area contributed by atoms with Gasteiger partial charge in [0.1, 0.15) is 0 Å². The zero-order chi connectivity index (χ0) is 16.1. The van der Waals surface area contributed by atoms with Crippen molar-refractivity contribution in [2.75, 3.05) is 21.3 Å². The van der Waals surface area contributed by atoms with Crippen LogP contribution in [0.15, 0.2) is 24.3 Å². The molecular weight excluding hydrogens is 284 g/mol. The highest BCUT2D eigenvalue weighted by atomic mass is 16.5. The fourth-order valence-electron chi connectivity index (χ4n) is 2.97. The molecule has 0 unspecified atom stereocenters. The molecule has 1 aromatic carbocycles. The van der Waals surface area contributed by atoms with Crippen molar-refractivity contribution in [1.29, 1.82) is 0 Å². The smallest absolute Gasteiger partial charge is 0.311 e. The van der Waals surface area contributed by atoms with Gasteiger partial charge in [0.05, 0.1) is 27.2 Å². The summed E-state index contributed by atoms with van der Waals surface area (Å²) in [6.07, 6.45) is 6.95. The highest BCUT2D eigenvalue weighted by Gasteiger charge is 2.30. The molecular formula is C17H22O5. The monoisotopic (exact) mass is 306 g/mol. The number of carbonyl (C=O) groups is 1. The van der Waals surface area contributed by atoms with E-state index >= 15 is 0 Å². The van der Waals surface area contributed by atoms with E-state index in [9.17, 15) is 9.90 Å². The summed E-state index contributed by atoms with van der Waals surface area (Å²) in [5.74, 6) is -0.0620. The number of benzene rings is 1. The number of aliphatic carboxylic acids is 1. The van der Waals surface area contributed by atoms with Gasteiger partial charge in [0.15, 0.2) is 11.5 Å².